The standard InChI is InChI=1S/C14H14N2O3/c17-12-6-2-1-4-9(12)11-8-16-7-3-5-10(14(18)19)13(16)15-11/h1-2,4,6,8,10,17H,3,5,7H2,(H,18,19). The Bertz CT molecular complexity index is 633. The van der Waals surface area contributed by atoms with Gasteiger partial charge in [0.05, 0.1) is 5.69 Å². The predicted molar refractivity (Wildman–Crippen MR) is 68.9 cm³/mol. The largest absolute Gasteiger partial charge is 0.507 e. The summed E-state index contributed by atoms with van der Waals surface area (Å²) in [5.41, 5.74) is 1.26. The van der Waals surface area contributed by atoms with Gasteiger partial charge in [-0.2, -0.15) is 0 Å². The Morgan fingerprint density at radius 2 is 2.16 bits per heavy atom. The molecule has 2 aromatic rings. The summed E-state index contributed by atoms with van der Waals surface area (Å²) in [6.45, 7) is 0.777. The zero-order valence-corrected chi connectivity index (χ0v) is 10.3. The minimum atomic E-state index is -0.838. The van der Waals surface area contributed by atoms with E-state index >= 15 is 0 Å². The number of carboxylic acid groups (broad SMARTS) is 1. The molecule has 2 heterocycles. The highest BCUT2D eigenvalue weighted by Gasteiger charge is 2.29. The number of benzene rings is 1. The van der Waals surface area contributed by atoms with Gasteiger partial charge in [-0.3, -0.25) is 4.79 Å². The molecule has 1 unspecified atom stereocenters. The molecule has 0 spiro atoms. The zero-order chi connectivity index (χ0) is 13.4. The van der Waals surface area contributed by atoms with Crippen LogP contribution in [0.15, 0.2) is 30.5 Å². The summed E-state index contributed by atoms with van der Waals surface area (Å²) in [6, 6.07) is 6.94. The van der Waals surface area contributed by atoms with Crippen molar-refractivity contribution in [2.24, 2.45) is 0 Å². The summed E-state index contributed by atoms with van der Waals surface area (Å²) in [6.07, 6.45) is 3.27. The number of hydrogen-bond donors (Lipinski definition) is 2. The monoisotopic (exact) mass is 258 g/mol. The minimum Gasteiger partial charge on any atom is -0.507 e. The molecule has 3 rings (SSSR count). The maximum atomic E-state index is 11.2. The van der Waals surface area contributed by atoms with Crippen molar-refractivity contribution in [3.8, 4) is 17.0 Å². The molecule has 5 nitrogen and oxygen atoms in total. The minimum absolute atomic E-state index is 0.157. The second kappa shape index (κ2) is 4.42. The molecule has 5 heteroatoms. The highest BCUT2D eigenvalue weighted by molar-refractivity contribution is 5.76. The van der Waals surface area contributed by atoms with E-state index in [1.54, 1.807) is 18.2 Å². The fraction of sp³-hybridized carbons (Fsp3) is 0.286. The summed E-state index contributed by atoms with van der Waals surface area (Å²) in [4.78, 5) is 15.6. The van der Waals surface area contributed by atoms with Gasteiger partial charge < -0.3 is 14.8 Å². The van der Waals surface area contributed by atoms with Gasteiger partial charge in [-0.25, -0.2) is 4.98 Å². The molecular formula is C14H14N2O3. The Kier molecular flexibility index (Phi) is 2.74. The van der Waals surface area contributed by atoms with E-state index in [0.717, 1.165) is 13.0 Å². The van der Waals surface area contributed by atoms with Gasteiger partial charge in [-0.15, -0.1) is 0 Å². The number of rotatable bonds is 2. The lowest BCUT2D eigenvalue weighted by Crippen LogP contribution is -2.21. The number of para-hydroxylation sites is 1. The molecule has 0 aliphatic carbocycles. The molecular weight excluding hydrogens is 244 g/mol. The molecule has 0 fully saturated rings. The van der Waals surface area contributed by atoms with E-state index in [1.165, 1.54) is 0 Å². The van der Waals surface area contributed by atoms with Crippen LogP contribution >= 0.6 is 0 Å². The number of phenols is 1. The maximum Gasteiger partial charge on any atom is 0.314 e. The summed E-state index contributed by atoms with van der Waals surface area (Å²) < 4.78 is 1.88. The Hall–Kier alpha value is -2.30. The lowest BCUT2D eigenvalue weighted by Gasteiger charge is -2.19. The summed E-state index contributed by atoms with van der Waals surface area (Å²) in [7, 11) is 0. The Morgan fingerprint density at radius 1 is 1.37 bits per heavy atom. The Balaban J connectivity index is 2.07. The number of imidazole rings is 1. The van der Waals surface area contributed by atoms with Gasteiger partial charge in [-0.05, 0) is 25.0 Å². The first kappa shape index (κ1) is 11.8. The number of aromatic nitrogens is 2. The van der Waals surface area contributed by atoms with Crippen molar-refractivity contribution in [1.29, 1.82) is 0 Å². The van der Waals surface area contributed by atoms with Crippen molar-refractivity contribution < 1.29 is 15.0 Å². The third-order valence-electron chi connectivity index (χ3n) is 3.49. The maximum absolute atomic E-state index is 11.2. The van der Waals surface area contributed by atoms with Gasteiger partial charge in [-0.1, -0.05) is 12.1 Å². The molecule has 0 saturated carbocycles. The number of phenolic OH excluding ortho intramolecular Hbond substituents is 1. The van der Waals surface area contributed by atoms with E-state index in [-0.39, 0.29) is 5.75 Å². The number of carboxylic acids is 1. The lowest BCUT2D eigenvalue weighted by molar-refractivity contribution is -0.139. The number of carbonyl (C=O) groups is 1. The summed E-state index contributed by atoms with van der Waals surface area (Å²) >= 11 is 0. The van der Waals surface area contributed by atoms with E-state index in [2.05, 4.69) is 4.98 Å². The number of hydrogen-bond acceptors (Lipinski definition) is 3. The molecule has 2 N–H and O–H groups in total. The van der Waals surface area contributed by atoms with E-state index in [9.17, 15) is 15.0 Å². The van der Waals surface area contributed by atoms with Gasteiger partial charge in [0.2, 0.25) is 0 Å². The topological polar surface area (TPSA) is 75.3 Å². The molecule has 1 aliphatic heterocycles. The molecule has 0 amide bonds. The fourth-order valence-electron chi connectivity index (χ4n) is 2.54. The normalized spacial score (nSPS) is 18.0. The van der Waals surface area contributed by atoms with Crippen LogP contribution in [0.25, 0.3) is 11.3 Å². The van der Waals surface area contributed by atoms with Crippen molar-refractivity contribution in [2.75, 3.05) is 0 Å². The predicted octanol–water partition coefficient (Wildman–Crippen LogP) is 2.22. The average Bonchev–Trinajstić information content (AvgIpc) is 2.82. The average molecular weight is 258 g/mol. The molecule has 1 aliphatic rings. The first-order chi connectivity index (χ1) is 9.16. The number of aliphatic carboxylic acids is 1. The molecule has 0 radical (unpaired) electrons. The number of nitrogens with zero attached hydrogens (tertiary/aromatic N) is 2. The first-order valence-corrected chi connectivity index (χ1v) is 6.25. The van der Waals surface area contributed by atoms with Crippen LogP contribution in [0.4, 0.5) is 0 Å². The molecule has 0 saturated heterocycles. The summed E-state index contributed by atoms with van der Waals surface area (Å²) in [5.74, 6) is -0.648. The quantitative estimate of drug-likeness (QED) is 0.866. The fourth-order valence-corrected chi connectivity index (χ4v) is 2.54. The van der Waals surface area contributed by atoms with Crippen LogP contribution in [0.3, 0.4) is 0 Å². The Labute approximate surface area is 110 Å². The van der Waals surface area contributed by atoms with Gasteiger partial charge in [0.1, 0.15) is 17.5 Å². The zero-order valence-electron chi connectivity index (χ0n) is 10.3. The molecule has 0 bridgehead atoms. The molecule has 98 valence electrons. The van der Waals surface area contributed by atoms with Crippen molar-refractivity contribution in [3.05, 3.63) is 36.3 Å². The van der Waals surface area contributed by atoms with Gasteiger partial charge in [0.15, 0.2) is 0 Å². The molecule has 19 heavy (non-hydrogen) atoms. The van der Waals surface area contributed by atoms with Crippen molar-refractivity contribution in [2.45, 2.75) is 25.3 Å². The third kappa shape index (κ3) is 1.97. The van der Waals surface area contributed by atoms with Crippen LogP contribution < -0.4 is 0 Å². The smallest absolute Gasteiger partial charge is 0.314 e. The number of aryl methyl sites for hydroxylation is 1. The van der Waals surface area contributed by atoms with Crippen LogP contribution in [-0.2, 0) is 11.3 Å². The van der Waals surface area contributed by atoms with E-state index in [0.29, 0.717) is 23.5 Å². The van der Waals surface area contributed by atoms with Crippen LogP contribution in [-0.4, -0.2) is 25.7 Å². The third-order valence-corrected chi connectivity index (χ3v) is 3.49. The molecule has 1 aromatic heterocycles. The van der Waals surface area contributed by atoms with Crippen molar-refractivity contribution in [3.63, 3.8) is 0 Å². The number of aromatic hydroxyl groups is 1. The van der Waals surface area contributed by atoms with Gasteiger partial charge in [0.25, 0.3) is 0 Å². The Morgan fingerprint density at radius 3 is 2.89 bits per heavy atom. The highest BCUT2D eigenvalue weighted by Crippen LogP contribution is 2.33. The van der Waals surface area contributed by atoms with Gasteiger partial charge in [0, 0.05) is 18.3 Å². The van der Waals surface area contributed by atoms with E-state index in [4.69, 9.17) is 0 Å². The second-order valence-electron chi connectivity index (χ2n) is 4.73. The SMILES string of the molecule is O=C(O)C1CCCn2cc(-c3ccccc3O)nc21. The van der Waals surface area contributed by atoms with E-state index in [1.807, 2.05) is 16.8 Å². The van der Waals surface area contributed by atoms with Crippen molar-refractivity contribution >= 4 is 5.97 Å². The van der Waals surface area contributed by atoms with Crippen LogP contribution in [0, 0.1) is 0 Å². The molecule has 1 aromatic carbocycles. The second-order valence-corrected chi connectivity index (χ2v) is 4.73. The van der Waals surface area contributed by atoms with Crippen LogP contribution in [0.5, 0.6) is 5.75 Å². The molecule has 1 atom stereocenters. The first-order valence-electron chi connectivity index (χ1n) is 6.25. The summed E-state index contributed by atoms with van der Waals surface area (Å²) in [5, 5.41) is 19.1. The van der Waals surface area contributed by atoms with E-state index < -0.39 is 11.9 Å². The van der Waals surface area contributed by atoms with Crippen molar-refractivity contribution in [1.82, 2.24) is 9.55 Å². The number of fused-ring (bicyclic) bond motifs is 1. The van der Waals surface area contributed by atoms with Gasteiger partial charge >= 0.3 is 5.97 Å². The van der Waals surface area contributed by atoms with Crippen LogP contribution in [0.2, 0.25) is 0 Å². The van der Waals surface area contributed by atoms with Crippen LogP contribution in [0.1, 0.15) is 24.6 Å². The highest BCUT2D eigenvalue weighted by atomic mass is 16.4. The lowest BCUT2D eigenvalue weighted by atomic mass is 9.99.